The van der Waals surface area contributed by atoms with Crippen LogP contribution in [-0.4, -0.2) is 36.2 Å². The van der Waals surface area contributed by atoms with Gasteiger partial charge in [-0.05, 0) is 43.4 Å². The minimum Gasteiger partial charge on any atom is -0.496 e. The van der Waals surface area contributed by atoms with Crippen molar-refractivity contribution in [3.63, 3.8) is 0 Å². The van der Waals surface area contributed by atoms with E-state index in [9.17, 15) is 19.2 Å². The maximum atomic E-state index is 13.4. The number of ketones is 1. The molecule has 0 saturated carbocycles. The fourth-order valence-corrected chi connectivity index (χ4v) is 4.74. The van der Waals surface area contributed by atoms with E-state index in [1.165, 1.54) is 0 Å². The zero-order chi connectivity index (χ0) is 25.8. The van der Waals surface area contributed by atoms with Gasteiger partial charge in [-0.25, -0.2) is 4.79 Å². The van der Waals surface area contributed by atoms with E-state index in [-0.39, 0.29) is 48.0 Å². The third kappa shape index (κ3) is 5.69. The zero-order valence-corrected chi connectivity index (χ0v) is 20.6. The first kappa shape index (κ1) is 25.3. The summed E-state index contributed by atoms with van der Waals surface area (Å²) in [6.07, 6.45) is 2.49. The molecule has 3 atom stereocenters. The van der Waals surface area contributed by atoms with Gasteiger partial charge in [-0.3, -0.25) is 14.4 Å². The molecule has 1 aliphatic heterocycles. The molecule has 3 aromatic rings. The van der Waals surface area contributed by atoms with Gasteiger partial charge in [0.2, 0.25) is 11.8 Å². The number of carbonyl (C=O) groups excluding carboxylic acids is 3. The van der Waals surface area contributed by atoms with Gasteiger partial charge in [-0.2, -0.15) is 0 Å². The highest BCUT2D eigenvalue weighted by Gasteiger charge is 2.33. The van der Waals surface area contributed by atoms with E-state index in [2.05, 4.69) is 15.6 Å². The highest BCUT2D eigenvalue weighted by Crippen LogP contribution is 2.29. The molecule has 1 saturated heterocycles. The molecule has 0 radical (unpaired) electrons. The first-order chi connectivity index (χ1) is 17.2. The van der Waals surface area contributed by atoms with Crippen molar-refractivity contribution in [3.05, 3.63) is 52.6 Å². The number of aromatic nitrogens is 1. The second-order valence-corrected chi connectivity index (χ2v) is 9.62. The Morgan fingerprint density at radius 3 is 2.69 bits per heavy atom. The molecule has 2 amide bonds. The first-order valence-electron chi connectivity index (χ1n) is 12.1. The highest BCUT2D eigenvalue weighted by molar-refractivity contribution is 6.02. The second-order valence-electron chi connectivity index (χ2n) is 9.62. The summed E-state index contributed by atoms with van der Waals surface area (Å²) in [5.74, 6) is -1.54. The van der Waals surface area contributed by atoms with Gasteiger partial charge in [0, 0.05) is 35.7 Å². The Balaban J connectivity index is 1.53. The van der Waals surface area contributed by atoms with Crippen molar-refractivity contribution in [2.45, 2.75) is 45.6 Å². The van der Waals surface area contributed by atoms with Crippen LogP contribution >= 0.6 is 0 Å². The topological polar surface area (TPSA) is 144 Å². The average Bonchev–Trinajstić information content (AvgIpc) is 3.57. The van der Waals surface area contributed by atoms with Gasteiger partial charge in [0.1, 0.15) is 12.0 Å². The highest BCUT2D eigenvalue weighted by atomic mass is 16.6. The number of ether oxygens (including phenoxy) is 1. The minimum atomic E-state index is -0.886. The summed E-state index contributed by atoms with van der Waals surface area (Å²) in [5, 5.41) is 6.47. The lowest BCUT2D eigenvalue weighted by molar-refractivity contribution is -0.127. The monoisotopic (exact) mass is 497 g/mol. The van der Waals surface area contributed by atoms with E-state index >= 15 is 0 Å². The quantitative estimate of drug-likeness (QED) is 0.345. The number of H-pyrrole nitrogens is 1. The Morgan fingerprint density at radius 1 is 1.25 bits per heavy atom. The molecule has 4 rings (SSSR count). The molecule has 0 aliphatic carbocycles. The van der Waals surface area contributed by atoms with E-state index in [1.54, 1.807) is 13.2 Å². The third-order valence-electron chi connectivity index (χ3n) is 6.52. The number of fused-ring (bicyclic) bond motifs is 1. The van der Waals surface area contributed by atoms with Crippen LogP contribution in [0.5, 0.6) is 5.75 Å². The van der Waals surface area contributed by atoms with Crippen molar-refractivity contribution in [1.29, 1.82) is 0 Å². The number of benzene rings is 1. The molecule has 2 aromatic heterocycles. The Labute approximate surface area is 207 Å². The molecule has 10 nitrogen and oxygen atoms in total. The van der Waals surface area contributed by atoms with E-state index in [0.717, 1.165) is 17.2 Å². The molecule has 1 aromatic carbocycles. The van der Waals surface area contributed by atoms with Crippen LogP contribution in [0.25, 0.3) is 10.9 Å². The normalized spacial score (nSPS) is 17.2. The van der Waals surface area contributed by atoms with E-state index < -0.39 is 17.8 Å². The van der Waals surface area contributed by atoms with Crippen LogP contribution in [0.4, 0.5) is 0 Å². The second kappa shape index (κ2) is 10.8. The smallest absolute Gasteiger partial charge is 0.496 e. The molecule has 3 heterocycles. The molecule has 36 heavy (non-hydrogen) atoms. The fourth-order valence-electron chi connectivity index (χ4n) is 4.74. The lowest BCUT2D eigenvalue weighted by atomic mass is 9.90. The molecular formula is C26H31N3O7. The summed E-state index contributed by atoms with van der Waals surface area (Å²) in [6.45, 7) is 4.52. The Hall–Kier alpha value is -3.82. The predicted octanol–water partition coefficient (Wildman–Crippen LogP) is 3.34. The summed E-state index contributed by atoms with van der Waals surface area (Å²) in [7, 11) is 1.57. The molecule has 3 N–H and O–H groups in total. The van der Waals surface area contributed by atoms with E-state index in [1.807, 2.05) is 32.0 Å². The third-order valence-corrected chi connectivity index (χ3v) is 6.52. The summed E-state index contributed by atoms with van der Waals surface area (Å²) in [5.41, 5.74) is 1.17. The number of carbonyl (C=O) groups is 3. The summed E-state index contributed by atoms with van der Waals surface area (Å²) >= 11 is 0. The molecule has 0 bridgehead atoms. The van der Waals surface area contributed by atoms with Gasteiger partial charge >= 0.3 is 5.82 Å². The fraction of sp³-hybridized carbons (Fsp3) is 0.462. The minimum absolute atomic E-state index is 0.00881. The standard InChI is InChI=1S/C26H31N3O7/c1-14(2)9-16(11-21(30)19-12-17-18(28-19)5-4-6-22(17)34-3)25(32)29-20(23-13-35-26(33)36-23)10-15-7-8-27-24(15)31/h4-6,12-16,20,28H,7-11H2,1-3H3,(H,27,31)(H,29,32)/t15-,16+,20-/m0/s1. The number of methoxy groups -OCH3 is 1. The number of amides is 2. The van der Waals surface area contributed by atoms with Crippen LogP contribution in [0.2, 0.25) is 0 Å². The Bertz CT molecular complexity index is 1300. The van der Waals surface area contributed by atoms with Crippen LogP contribution in [0, 0.1) is 17.8 Å². The van der Waals surface area contributed by atoms with Crippen molar-refractivity contribution >= 4 is 28.5 Å². The first-order valence-corrected chi connectivity index (χ1v) is 12.1. The summed E-state index contributed by atoms with van der Waals surface area (Å²) < 4.78 is 15.3. The van der Waals surface area contributed by atoms with Crippen LogP contribution < -0.4 is 21.2 Å². The molecule has 10 heteroatoms. The molecule has 1 fully saturated rings. The van der Waals surface area contributed by atoms with Crippen LogP contribution in [-0.2, 0) is 9.59 Å². The zero-order valence-electron chi connectivity index (χ0n) is 20.6. The van der Waals surface area contributed by atoms with Gasteiger partial charge in [0.05, 0.1) is 18.8 Å². The summed E-state index contributed by atoms with van der Waals surface area (Å²) in [6, 6.07) is 6.51. The molecule has 0 spiro atoms. The van der Waals surface area contributed by atoms with Crippen LogP contribution in [0.1, 0.15) is 61.8 Å². The van der Waals surface area contributed by atoms with E-state index in [4.69, 9.17) is 13.6 Å². The van der Waals surface area contributed by atoms with Gasteiger partial charge < -0.3 is 29.2 Å². The van der Waals surface area contributed by atoms with Gasteiger partial charge in [-0.15, -0.1) is 0 Å². The lowest BCUT2D eigenvalue weighted by Gasteiger charge is -2.23. The van der Waals surface area contributed by atoms with Crippen LogP contribution in [0.3, 0.4) is 0 Å². The molecule has 192 valence electrons. The lowest BCUT2D eigenvalue weighted by Crippen LogP contribution is -2.37. The number of aromatic amines is 1. The Morgan fingerprint density at radius 2 is 2.06 bits per heavy atom. The van der Waals surface area contributed by atoms with E-state index in [0.29, 0.717) is 30.8 Å². The van der Waals surface area contributed by atoms with Gasteiger partial charge in [-0.1, -0.05) is 19.9 Å². The maximum absolute atomic E-state index is 13.4. The maximum Gasteiger partial charge on any atom is 0.518 e. The molecular weight excluding hydrogens is 466 g/mol. The number of rotatable bonds is 11. The summed E-state index contributed by atoms with van der Waals surface area (Å²) in [4.78, 5) is 53.4. The van der Waals surface area contributed by atoms with Crippen molar-refractivity contribution < 1.29 is 28.0 Å². The van der Waals surface area contributed by atoms with Crippen molar-refractivity contribution in [2.75, 3.05) is 13.7 Å². The van der Waals surface area contributed by atoms with Gasteiger partial charge in [0.15, 0.2) is 11.5 Å². The number of Topliss-reactive ketones (excluding diaryl/α,β-unsaturated/α-hetero) is 1. The Kier molecular flexibility index (Phi) is 7.61. The SMILES string of the molecule is COc1cccc2[nH]c(C(=O)C[C@@H](CC(C)C)C(=O)N[C@@H](C[C@@H]3CCNC3=O)c3coc(=O)o3)cc12. The number of hydrogen-bond acceptors (Lipinski definition) is 7. The average molecular weight is 498 g/mol. The van der Waals surface area contributed by atoms with Gasteiger partial charge in [0.25, 0.3) is 0 Å². The largest absolute Gasteiger partial charge is 0.518 e. The predicted molar refractivity (Wildman–Crippen MR) is 131 cm³/mol. The van der Waals surface area contributed by atoms with Crippen molar-refractivity contribution in [3.8, 4) is 5.75 Å². The van der Waals surface area contributed by atoms with Crippen molar-refractivity contribution in [2.24, 2.45) is 17.8 Å². The van der Waals surface area contributed by atoms with Crippen molar-refractivity contribution in [1.82, 2.24) is 15.6 Å². The molecule has 0 unspecified atom stereocenters. The number of hydrogen-bond donors (Lipinski definition) is 3. The number of nitrogens with one attached hydrogen (secondary N) is 3. The van der Waals surface area contributed by atoms with Crippen LogP contribution in [0.15, 0.2) is 44.2 Å². The molecule has 1 aliphatic rings.